The van der Waals surface area contributed by atoms with Crippen LogP contribution in [0.15, 0.2) is 42.5 Å². The molecular formula is C18H18F3N3O4. The topological polar surface area (TPSA) is 88.7 Å². The summed E-state index contributed by atoms with van der Waals surface area (Å²) in [6.45, 7) is -3.21. The molecule has 3 N–H and O–H groups in total. The summed E-state index contributed by atoms with van der Waals surface area (Å²) >= 11 is 0. The van der Waals surface area contributed by atoms with Crippen LogP contribution < -0.4 is 25.4 Å². The Morgan fingerprint density at radius 3 is 2.39 bits per heavy atom. The van der Waals surface area contributed by atoms with E-state index >= 15 is 0 Å². The van der Waals surface area contributed by atoms with Crippen LogP contribution in [-0.2, 0) is 11.3 Å². The minimum absolute atomic E-state index is 0.0662. The summed E-state index contributed by atoms with van der Waals surface area (Å²) < 4.78 is 46.7. The third-order valence-corrected chi connectivity index (χ3v) is 3.43. The van der Waals surface area contributed by atoms with Crippen LogP contribution in [0, 0.1) is 5.82 Å². The number of alkyl halides is 2. The number of halogens is 3. The number of benzene rings is 2. The summed E-state index contributed by atoms with van der Waals surface area (Å²) in [6.07, 6.45) is 0. The third-order valence-electron chi connectivity index (χ3n) is 3.43. The molecule has 0 aliphatic heterocycles. The second-order valence-electron chi connectivity index (χ2n) is 5.46. The lowest BCUT2D eigenvalue weighted by Crippen LogP contribution is -2.39. The molecule has 0 atom stereocenters. The van der Waals surface area contributed by atoms with Gasteiger partial charge in [-0.15, -0.1) is 0 Å². The van der Waals surface area contributed by atoms with Gasteiger partial charge < -0.3 is 25.4 Å². The highest BCUT2D eigenvalue weighted by molar-refractivity contribution is 5.94. The standard InChI is InChI=1S/C18H18F3N3O4/c1-27-15-8-11(2-7-14(15)28-17(20)21)9-22-18(26)23-10-16(25)24-13-5-3-12(19)4-6-13/h2-8,17H,9-10H2,1H3,(H,24,25)(H2,22,23,26). The second kappa shape index (κ2) is 10.0. The average molecular weight is 397 g/mol. The van der Waals surface area contributed by atoms with Crippen molar-refractivity contribution >= 4 is 17.6 Å². The number of carbonyl (C=O) groups excluding carboxylic acids is 2. The van der Waals surface area contributed by atoms with Crippen molar-refractivity contribution < 1.29 is 32.2 Å². The van der Waals surface area contributed by atoms with Gasteiger partial charge in [-0.05, 0) is 42.0 Å². The molecule has 0 aliphatic rings. The average Bonchev–Trinajstić information content (AvgIpc) is 2.67. The monoisotopic (exact) mass is 397 g/mol. The molecule has 0 saturated carbocycles. The van der Waals surface area contributed by atoms with Gasteiger partial charge >= 0.3 is 12.6 Å². The molecule has 0 unspecified atom stereocenters. The normalized spacial score (nSPS) is 10.3. The maximum Gasteiger partial charge on any atom is 0.387 e. The van der Waals surface area contributed by atoms with Crippen LogP contribution in [0.1, 0.15) is 5.56 Å². The summed E-state index contributed by atoms with van der Waals surface area (Å²) in [5.74, 6) is -0.945. The fourth-order valence-electron chi connectivity index (χ4n) is 2.16. The van der Waals surface area contributed by atoms with Crippen LogP contribution in [0.4, 0.5) is 23.7 Å². The van der Waals surface area contributed by atoms with Gasteiger partial charge in [-0.25, -0.2) is 9.18 Å². The van der Waals surface area contributed by atoms with Crippen LogP contribution in [0.5, 0.6) is 11.5 Å². The van der Waals surface area contributed by atoms with Gasteiger partial charge in [-0.2, -0.15) is 8.78 Å². The van der Waals surface area contributed by atoms with Gasteiger partial charge in [0.25, 0.3) is 0 Å². The van der Waals surface area contributed by atoms with Crippen LogP contribution >= 0.6 is 0 Å². The molecule has 0 bridgehead atoms. The Labute approximate surface area is 158 Å². The molecule has 0 aromatic heterocycles. The summed E-state index contributed by atoms with van der Waals surface area (Å²) in [7, 11) is 1.30. The Morgan fingerprint density at radius 2 is 1.75 bits per heavy atom. The molecule has 0 saturated heterocycles. The molecule has 3 amide bonds. The fraction of sp³-hybridized carbons (Fsp3) is 0.222. The molecule has 2 rings (SSSR count). The van der Waals surface area contributed by atoms with E-state index < -0.39 is 24.4 Å². The van der Waals surface area contributed by atoms with Gasteiger partial charge in [0.2, 0.25) is 5.91 Å². The molecule has 0 fully saturated rings. The number of methoxy groups -OCH3 is 1. The minimum Gasteiger partial charge on any atom is -0.493 e. The molecule has 2 aromatic carbocycles. The Hall–Kier alpha value is -3.43. The Morgan fingerprint density at radius 1 is 1.04 bits per heavy atom. The van der Waals surface area contributed by atoms with E-state index in [4.69, 9.17) is 4.74 Å². The Kier molecular flexibility index (Phi) is 7.49. The largest absolute Gasteiger partial charge is 0.493 e. The van der Waals surface area contributed by atoms with Gasteiger partial charge in [0.15, 0.2) is 11.5 Å². The first kappa shape index (κ1) is 20.9. The number of ether oxygens (including phenoxy) is 2. The van der Waals surface area contributed by atoms with Crippen LogP contribution in [0.25, 0.3) is 0 Å². The summed E-state index contributed by atoms with van der Waals surface area (Å²) in [5, 5.41) is 7.37. The molecule has 0 spiro atoms. The quantitative estimate of drug-likeness (QED) is 0.639. The number of anilines is 1. The molecule has 0 aliphatic carbocycles. The molecule has 7 nitrogen and oxygen atoms in total. The van der Waals surface area contributed by atoms with Gasteiger partial charge in [-0.3, -0.25) is 4.79 Å². The summed E-state index contributed by atoms with van der Waals surface area (Å²) in [6, 6.07) is 8.80. The molecule has 28 heavy (non-hydrogen) atoms. The lowest BCUT2D eigenvalue weighted by Gasteiger charge is -2.12. The predicted molar refractivity (Wildman–Crippen MR) is 94.9 cm³/mol. The lowest BCUT2D eigenvalue weighted by atomic mass is 10.2. The lowest BCUT2D eigenvalue weighted by molar-refractivity contribution is -0.115. The van der Waals surface area contributed by atoms with Gasteiger partial charge in [0, 0.05) is 12.2 Å². The van der Waals surface area contributed by atoms with E-state index in [1.165, 1.54) is 49.6 Å². The number of hydrogen-bond acceptors (Lipinski definition) is 4. The van der Waals surface area contributed by atoms with Crippen molar-refractivity contribution in [3.63, 3.8) is 0 Å². The number of nitrogens with one attached hydrogen (secondary N) is 3. The smallest absolute Gasteiger partial charge is 0.387 e. The third kappa shape index (κ3) is 6.71. The highest BCUT2D eigenvalue weighted by atomic mass is 19.3. The second-order valence-corrected chi connectivity index (χ2v) is 5.46. The fourth-order valence-corrected chi connectivity index (χ4v) is 2.16. The molecule has 150 valence electrons. The zero-order valence-electron chi connectivity index (χ0n) is 14.8. The first-order chi connectivity index (χ1) is 13.4. The van der Waals surface area contributed by atoms with E-state index in [1.807, 2.05) is 0 Å². The van der Waals surface area contributed by atoms with Crippen LogP contribution in [-0.4, -0.2) is 32.2 Å². The zero-order valence-corrected chi connectivity index (χ0v) is 14.8. The summed E-state index contributed by atoms with van der Waals surface area (Å²) in [5.41, 5.74) is 0.969. The van der Waals surface area contributed by atoms with Crippen molar-refractivity contribution in [3.05, 3.63) is 53.8 Å². The van der Waals surface area contributed by atoms with Gasteiger partial charge in [0.05, 0.1) is 13.7 Å². The number of carbonyl (C=O) groups is 2. The van der Waals surface area contributed by atoms with Crippen LogP contribution in [0.3, 0.4) is 0 Å². The molecular weight excluding hydrogens is 379 g/mol. The van der Waals surface area contributed by atoms with E-state index in [9.17, 15) is 22.8 Å². The number of urea groups is 1. The molecule has 0 heterocycles. The minimum atomic E-state index is -2.98. The SMILES string of the molecule is COc1cc(CNC(=O)NCC(=O)Nc2ccc(F)cc2)ccc1OC(F)F. The summed E-state index contributed by atoms with van der Waals surface area (Å²) in [4.78, 5) is 23.5. The van der Waals surface area contributed by atoms with Gasteiger partial charge in [-0.1, -0.05) is 6.07 Å². The van der Waals surface area contributed by atoms with E-state index in [2.05, 4.69) is 20.7 Å². The van der Waals surface area contributed by atoms with Crippen molar-refractivity contribution in [2.45, 2.75) is 13.2 Å². The highest BCUT2D eigenvalue weighted by Crippen LogP contribution is 2.29. The van der Waals surface area contributed by atoms with Crippen LogP contribution in [0.2, 0.25) is 0 Å². The maximum absolute atomic E-state index is 12.8. The zero-order chi connectivity index (χ0) is 20.5. The van der Waals surface area contributed by atoms with E-state index in [0.29, 0.717) is 11.3 Å². The van der Waals surface area contributed by atoms with Crippen molar-refractivity contribution in [3.8, 4) is 11.5 Å². The number of amides is 3. The highest BCUT2D eigenvalue weighted by Gasteiger charge is 2.12. The van der Waals surface area contributed by atoms with Crippen molar-refractivity contribution in [1.82, 2.24) is 10.6 Å². The number of rotatable bonds is 8. The maximum atomic E-state index is 12.8. The first-order valence-electron chi connectivity index (χ1n) is 8.06. The number of hydrogen-bond donors (Lipinski definition) is 3. The Balaban J connectivity index is 1.78. The van der Waals surface area contributed by atoms with E-state index in [-0.39, 0.29) is 24.6 Å². The van der Waals surface area contributed by atoms with Crippen molar-refractivity contribution in [2.24, 2.45) is 0 Å². The molecule has 0 radical (unpaired) electrons. The molecule has 2 aromatic rings. The van der Waals surface area contributed by atoms with Crippen molar-refractivity contribution in [2.75, 3.05) is 19.0 Å². The van der Waals surface area contributed by atoms with Crippen molar-refractivity contribution in [1.29, 1.82) is 0 Å². The first-order valence-corrected chi connectivity index (χ1v) is 8.06. The molecule has 10 heteroatoms. The van der Waals surface area contributed by atoms with E-state index in [1.54, 1.807) is 0 Å². The van der Waals surface area contributed by atoms with Gasteiger partial charge in [0.1, 0.15) is 5.82 Å². The Bertz CT molecular complexity index is 816. The predicted octanol–water partition coefficient (Wildman–Crippen LogP) is 2.87. The van der Waals surface area contributed by atoms with E-state index in [0.717, 1.165) is 0 Å².